The molecule has 0 aliphatic heterocycles. The van der Waals surface area contributed by atoms with Crippen molar-refractivity contribution in [1.29, 1.82) is 0 Å². The van der Waals surface area contributed by atoms with Gasteiger partial charge < -0.3 is 5.11 Å². The highest BCUT2D eigenvalue weighted by Gasteiger charge is 2.30. The molecule has 0 aliphatic carbocycles. The first-order valence-electron chi connectivity index (χ1n) is 6.97. The van der Waals surface area contributed by atoms with Crippen molar-refractivity contribution in [2.45, 2.75) is 52.8 Å². The Kier molecular flexibility index (Phi) is 5.83. The van der Waals surface area contributed by atoms with Crippen LogP contribution in [-0.4, -0.2) is 28.6 Å². The summed E-state index contributed by atoms with van der Waals surface area (Å²) >= 11 is 0. The monoisotopic (exact) mass is 249 g/mol. The number of nitrogens with zero attached hydrogens (tertiary/aromatic N) is 1. The molecule has 0 bridgehead atoms. The van der Waals surface area contributed by atoms with Crippen molar-refractivity contribution in [3.8, 4) is 0 Å². The topological polar surface area (TPSA) is 23.5 Å². The van der Waals surface area contributed by atoms with Crippen LogP contribution in [0.3, 0.4) is 0 Å². The van der Waals surface area contributed by atoms with Gasteiger partial charge in [0.1, 0.15) is 0 Å². The Hall–Kier alpha value is -0.860. The molecule has 1 N–H and O–H groups in total. The van der Waals surface area contributed by atoms with Gasteiger partial charge in [-0.1, -0.05) is 51.1 Å². The minimum atomic E-state index is -0.423. The zero-order chi connectivity index (χ0) is 13.7. The molecule has 18 heavy (non-hydrogen) atoms. The van der Waals surface area contributed by atoms with Gasteiger partial charge in [0.25, 0.3) is 0 Å². The molecule has 0 aliphatic rings. The van der Waals surface area contributed by atoms with Crippen LogP contribution < -0.4 is 0 Å². The first kappa shape index (κ1) is 15.2. The highest BCUT2D eigenvalue weighted by molar-refractivity contribution is 5.19. The van der Waals surface area contributed by atoms with E-state index in [1.54, 1.807) is 0 Å². The van der Waals surface area contributed by atoms with Crippen LogP contribution in [0.25, 0.3) is 0 Å². The van der Waals surface area contributed by atoms with Crippen LogP contribution in [0.5, 0.6) is 0 Å². The molecule has 0 saturated carbocycles. The number of aliphatic hydroxyl groups excluding tert-OH is 1. The molecule has 0 heterocycles. The lowest BCUT2D eigenvalue weighted by molar-refractivity contribution is 0.00877. The van der Waals surface area contributed by atoms with Crippen LogP contribution in [0.4, 0.5) is 0 Å². The fraction of sp³-hybridized carbons (Fsp3) is 0.625. The van der Waals surface area contributed by atoms with Crippen molar-refractivity contribution in [2.24, 2.45) is 5.92 Å². The highest BCUT2D eigenvalue weighted by atomic mass is 16.3. The predicted octanol–water partition coefficient (Wildman–Crippen LogP) is 3.47. The third-order valence-corrected chi connectivity index (χ3v) is 3.56. The first-order valence-corrected chi connectivity index (χ1v) is 6.97. The molecule has 1 aromatic carbocycles. The second kappa shape index (κ2) is 6.91. The van der Waals surface area contributed by atoms with Gasteiger partial charge >= 0.3 is 0 Å². The van der Waals surface area contributed by atoms with Crippen LogP contribution in [0.15, 0.2) is 30.3 Å². The van der Waals surface area contributed by atoms with Crippen LogP contribution in [-0.2, 0) is 0 Å². The lowest BCUT2D eigenvalue weighted by Gasteiger charge is -2.39. The van der Waals surface area contributed by atoms with Gasteiger partial charge in [-0.05, 0) is 31.9 Å². The highest BCUT2D eigenvalue weighted by Crippen LogP contribution is 2.27. The Morgan fingerprint density at radius 3 is 2.00 bits per heavy atom. The standard InChI is InChI=1S/C16H27NO/c1-6-17(13(4)5)15(12(2)3)16(18)14-10-8-7-9-11-14/h7-13,15-16,18H,6H2,1-5H3. The smallest absolute Gasteiger partial charge is 0.0947 e. The molecule has 0 amide bonds. The molecule has 2 heteroatoms. The van der Waals surface area contributed by atoms with Crippen molar-refractivity contribution in [3.05, 3.63) is 35.9 Å². The third-order valence-electron chi connectivity index (χ3n) is 3.56. The summed E-state index contributed by atoms with van der Waals surface area (Å²) in [4.78, 5) is 2.38. The third kappa shape index (κ3) is 3.56. The summed E-state index contributed by atoms with van der Waals surface area (Å²) in [6.07, 6.45) is -0.423. The summed E-state index contributed by atoms with van der Waals surface area (Å²) in [5, 5.41) is 10.7. The largest absolute Gasteiger partial charge is 0.387 e. The van der Waals surface area contributed by atoms with Crippen LogP contribution in [0, 0.1) is 5.92 Å². The maximum atomic E-state index is 10.7. The molecule has 102 valence electrons. The summed E-state index contributed by atoms with van der Waals surface area (Å²) in [6, 6.07) is 10.6. The van der Waals surface area contributed by atoms with E-state index in [2.05, 4.69) is 39.5 Å². The number of benzene rings is 1. The van der Waals surface area contributed by atoms with Gasteiger partial charge in [-0.3, -0.25) is 4.90 Å². The van der Waals surface area contributed by atoms with Gasteiger partial charge in [-0.2, -0.15) is 0 Å². The number of hydrogen-bond acceptors (Lipinski definition) is 2. The molecule has 2 unspecified atom stereocenters. The van der Waals surface area contributed by atoms with E-state index in [9.17, 15) is 5.11 Å². The van der Waals surface area contributed by atoms with Crippen molar-refractivity contribution in [2.75, 3.05) is 6.54 Å². The molecule has 1 rings (SSSR count). The Morgan fingerprint density at radius 1 is 1.06 bits per heavy atom. The average molecular weight is 249 g/mol. The lowest BCUT2D eigenvalue weighted by Crippen LogP contribution is -2.46. The maximum Gasteiger partial charge on any atom is 0.0947 e. The van der Waals surface area contributed by atoms with E-state index in [4.69, 9.17) is 0 Å². The Labute approximate surface area is 112 Å². The van der Waals surface area contributed by atoms with E-state index in [1.807, 2.05) is 30.3 Å². The second-order valence-electron chi connectivity index (χ2n) is 5.51. The number of aliphatic hydroxyl groups is 1. The molecule has 0 saturated heterocycles. The SMILES string of the molecule is CCN(C(C)C)C(C(C)C)C(O)c1ccccc1. The van der Waals surface area contributed by atoms with E-state index in [0.29, 0.717) is 12.0 Å². The fourth-order valence-electron chi connectivity index (χ4n) is 2.70. The van der Waals surface area contributed by atoms with Gasteiger partial charge in [0.05, 0.1) is 6.10 Å². The van der Waals surface area contributed by atoms with Gasteiger partial charge in [-0.15, -0.1) is 0 Å². The summed E-state index contributed by atoms with van der Waals surface area (Å²) < 4.78 is 0. The summed E-state index contributed by atoms with van der Waals surface area (Å²) in [7, 11) is 0. The van der Waals surface area contributed by atoms with Crippen LogP contribution in [0.2, 0.25) is 0 Å². The van der Waals surface area contributed by atoms with Crippen molar-refractivity contribution in [1.82, 2.24) is 4.90 Å². The Bertz CT molecular complexity index is 334. The lowest BCUT2D eigenvalue weighted by atomic mass is 9.91. The van der Waals surface area contributed by atoms with E-state index in [-0.39, 0.29) is 6.04 Å². The van der Waals surface area contributed by atoms with Crippen molar-refractivity contribution < 1.29 is 5.11 Å². The van der Waals surface area contributed by atoms with E-state index in [0.717, 1.165) is 12.1 Å². The minimum Gasteiger partial charge on any atom is -0.387 e. The zero-order valence-corrected chi connectivity index (χ0v) is 12.3. The Balaban J connectivity index is 2.98. The molecule has 2 nitrogen and oxygen atoms in total. The van der Waals surface area contributed by atoms with Crippen molar-refractivity contribution in [3.63, 3.8) is 0 Å². The normalized spacial score (nSPS) is 15.4. The van der Waals surface area contributed by atoms with Gasteiger partial charge in [0.15, 0.2) is 0 Å². The van der Waals surface area contributed by atoms with E-state index >= 15 is 0 Å². The molecule has 2 atom stereocenters. The van der Waals surface area contributed by atoms with Crippen LogP contribution in [0.1, 0.15) is 46.3 Å². The molecule has 0 aromatic heterocycles. The van der Waals surface area contributed by atoms with Crippen molar-refractivity contribution >= 4 is 0 Å². The average Bonchev–Trinajstić information content (AvgIpc) is 2.35. The van der Waals surface area contributed by atoms with Gasteiger partial charge in [0.2, 0.25) is 0 Å². The molecular formula is C16H27NO. The zero-order valence-electron chi connectivity index (χ0n) is 12.3. The first-order chi connectivity index (χ1) is 8.49. The molecule has 0 radical (unpaired) electrons. The number of hydrogen-bond donors (Lipinski definition) is 1. The quantitative estimate of drug-likeness (QED) is 0.834. The summed E-state index contributed by atoms with van der Waals surface area (Å²) in [5.41, 5.74) is 1.01. The summed E-state index contributed by atoms with van der Waals surface area (Å²) in [5.74, 6) is 0.419. The molecule has 0 fully saturated rings. The second-order valence-corrected chi connectivity index (χ2v) is 5.51. The maximum absolute atomic E-state index is 10.7. The van der Waals surface area contributed by atoms with Gasteiger partial charge in [-0.25, -0.2) is 0 Å². The van der Waals surface area contributed by atoms with Gasteiger partial charge in [0, 0.05) is 12.1 Å². The predicted molar refractivity (Wildman–Crippen MR) is 77.5 cm³/mol. The molecule has 0 spiro atoms. The molecule has 1 aromatic rings. The fourth-order valence-corrected chi connectivity index (χ4v) is 2.70. The van der Waals surface area contributed by atoms with E-state index in [1.165, 1.54) is 0 Å². The van der Waals surface area contributed by atoms with Crippen LogP contribution >= 0.6 is 0 Å². The minimum absolute atomic E-state index is 0.164. The van der Waals surface area contributed by atoms with E-state index < -0.39 is 6.10 Å². The number of likely N-dealkylation sites (N-methyl/N-ethyl adjacent to an activating group) is 1. The Morgan fingerprint density at radius 2 is 1.61 bits per heavy atom. The summed E-state index contributed by atoms with van der Waals surface area (Å²) in [6.45, 7) is 11.9. The number of rotatable bonds is 6. The molecular weight excluding hydrogens is 222 g/mol.